The van der Waals surface area contributed by atoms with Crippen molar-refractivity contribution in [3.05, 3.63) is 59.7 Å². The predicted molar refractivity (Wildman–Crippen MR) is 93.6 cm³/mol. The summed E-state index contributed by atoms with van der Waals surface area (Å²) in [5.41, 5.74) is -2.31. The minimum absolute atomic E-state index is 0.357. The van der Waals surface area contributed by atoms with E-state index in [1.54, 1.807) is 0 Å². The molecule has 0 saturated carbocycles. The van der Waals surface area contributed by atoms with E-state index in [4.69, 9.17) is 5.26 Å². The van der Waals surface area contributed by atoms with Crippen molar-refractivity contribution in [3.8, 4) is 6.07 Å². The molecule has 2 rings (SSSR count). The molecule has 0 atom stereocenters. The van der Waals surface area contributed by atoms with Crippen molar-refractivity contribution >= 4 is 23.2 Å². The van der Waals surface area contributed by atoms with E-state index in [1.165, 1.54) is 50.2 Å². The number of benzene rings is 2. The lowest BCUT2D eigenvalue weighted by atomic mass is 9.90. The Bertz CT molecular complexity index is 898. The highest BCUT2D eigenvalue weighted by molar-refractivity contribution is 6.14. The van der Waals surface area contributed by atoms with Crippen LogP contribution >= 0.6 is 0 Å². The standard InChI is InChI=1S/C19H16F3N3O2/c1-18(2,16(26)24-13-9-7-12(11-23)8-10-13)17(27)25-15-6-4-3-5-14(15)19(20,21)22/h3-10H,1-2H3,(H,24,26)(H,25,27). The number of para-hydroxylation sites is 1. The molecule has 0 unspecified atom stereocenters. The molecule has 27 heavy (non-hydrogen) atoms. The first kappa shape index (κ1) is 20.0. The van der Waals surface area contributed by atoms with Crippen LogP contribution in [-0.2, 0) is 15.8 Å². The van der Waals surface area contributed by atoms with Gasteiger partial charge in [0.25, 0.3) is 0 Å². The first-order valence-electron chi connectivity index (χ1n) is 7.85. The van der Waals surface area contributed by atoms with Gasteiger partial charge in [-0.25, -0.2) is 0 Å². The minimum atomic E-state index is -4.64. The number of amides is 2. The average Bonchev–Trinajstić information content (AvgIpc) is 2.61. The van der Waals surface area contributed by atoms with Crippen LogP contribution in [-0.4, -0.2) is 11.8 Å². The Balaban J connectivity index is 2.17. The molecule has 2 aromatic carbocycles. The number of alkyl halides is 3. The largest absolute Gasteiger partial charge is 0.418 e. The highest BCUT2D eigenvalue weighted by Crippen LogP contribution is 2.35. The summed E-state index contributed by atoms with van der Waals surface area (Å²) in [5, 5.41) is 13.5. The zero-order valence-electron chi connectivity index (χ0n) is 14.5. The van der Waals surface area contributed by atoms with Crippen LogP contribution in [0.3, 0.4) is 0 Å². The number of hydrogen-bond acceptors (Lipinski definition) is 3. The molecule has 0 spiro atoms. The Morgan fingerprint density at radius 1 is 0.926 bits per heavy atom. The van der Waals surface area contributed by atoms with Crippen molar-refractivity contribution in [2.24, 2.45) is 5.41 Å². The molecular formula is C19H16F3N3O2. The smallest absolute Gasteiger partial charge is 0.325 e. The number of rotatable bonds is 4. The zero-order chi connectivity index (χ0) is 20.2. The molecule has 0 aliphatic carbocycles. The number of carbonyl (C=O) groups excluding carboxylic acids is 2. The van der Waals surface area contributed by atoms with Crippen LogP contribution < -0.4 is 10.6 Å². The summed E-state index contributed by atoms with van der Waals surface area (Å²) in [5.74, 6) is -1.58. The van der Waals surface area contributed by atoms with Gasteiger partial charge in [-0.05, 0) is 50.2 Å². The van der Waals surface area contributed by atoms with Gasteiger partial charge in [0.05, 0.1) is 22.9 Å². The van der Waals surface area contributed by atoms with Gasteiger partial charge >= 0.3 is 6.18 Å². The van der Waals surface area contributed by atoms with Crippen molar-refractivity contribution in [3.63, 3.8) is 0 Å². The summed E-state index contributed by atoms with van der Waals surface area (Å²) < 4.78 is 39.1. The predicted octanol–water partition coefficient (Wildman–Crippen LogP) is 4.18. The highest BCUT2D eigenvalue weighted by Gasteiger charge is 2.38. The van der Waals surface area contributed by atoms with Crippen LogP contribution in [0.4, 0.5) is 24.5 Å². The summed E-state index contributed by atoms with van der Waals surface area (Å²) in [6.07, 6.45) is -4.64. The Hall–Kier alpha value is -3.34. The lowest BCUT2D eigenvalue weighted by molar-refractivity contribution is -0.137. The van der Waals surface area contributed by atoms with Gasteiger partial charge in [-0.2, -0.15) is 18.4 Å². The third-order valence-corrected chi connectivity index (χ3v) is 3.89. The Labute approximate surface area is 153 Å². The first-order chi connectivity index (χ1) is 12.6. The summed E-state index contributed by atoms with van der Waals surface area (Å²) in [6, 6.07) is 12.4. The number of halogens is 3. The fraction of sp³-hybridized carbons (Fsp3) is 0.211. The molecule has 0 aliphatic rings. The monoisotopic (exact) mass is 375 g/mol. The SMILES string of the molecule is CC(C)(C(=O)Nc1ccc(C#N)cc1)C(=O)Nc1ccccc1C(F)(F)F. The molecule has 0 heterocycles. The Kier molecular flexibility index (Phi) is 5.55. The molecule has 2 amide bonds. The second-order valence-corrected chi connectivity index (χ2v) is 6.27. The van der Waals surface area contributed by atoms with Gasteiger partial charge in [-0.3, -0.25) is 9.59 Å². The van der Waals surface area contributed by atoms with Gasteiger partial charge in [-0.1, -0.05) is 12.1 Å². The molecule has 0 saturated heterocycles. The Morgan fingerprint density at radius 3 is 2.04 bits per heavy atom. The normalized spacial score (nSPS) is 11.4. The van der Waals surface area contributed by atoms with E-state index >= 15 is 0 Å². The van der Waals surface area contributed by atoms with Crippen molar-refractivity contribution in [2.45, 2.75) is 20.0 Å². The molecule has 8 heteroatoms. The summed E-state index contributed by atoms with van der Waals surface area (Å²) in [7, 11) is 0. The van der Waals surface area contributed by atoms with Crippen molar-refractivity contribution in [2.75, 3.05) is 10.6 Å². The molecular weight excluding hydrogens is 359 g/mol. The van der Waals surface area contributed by atoms with E-state index in [0.717, 1.165) is 12.1 Å². The molecule has 0 fully saturated rings. The Morgan fingerprint density at radius 2 is 1.48 bits per heavy atom. The van der Waals surface area contributed by atoms with Gasteiger partial charge < -0.3 is 10.6 Å². The topological polar surface area (TPSA) is 82.0 Å². The van der Waals surface area contributed by atoms with Gasteiger partial charge in [-0.15, -0.1) is 0 Å². The number of nitriles is 1. The second-order valence-electron chi connectivity index (χ2n) is 6.27. The third kappa shape index (κ3) is 4.64. The van der Waals surface area contributed by atoms with Crippen LogP contribution in [0, 0.1) is 16.7 Å². The number of nitrogens with zero attached hydrogens (tertiary/aromatic N) is 1. The van der Waals surface area contributed by atoms with Gasteiger partial charge in [0.1, 0.15) is 5.41 Å². The lowest BCUT2D eigenvalue weighted by Crippen LogP contribution is -2.41. The maximum atomic E-state index is 13.0. The van der Waals surface area contributed by atoms with Gasteiger partial charge in [0, 0.05) is 5.69 Å². The number of carbonyl (C=O) groups is 2. The fourth-order valence-corrected chi connectivity index (χ4v) is 2.14. The van der Waals surface area contributed by atoms with E-state index in [9.17, 15) is 22.8 Å². The second kappa shape index (κ2) is 7.50. The summed E-state index contributed by atoms with van der Waals surface area (Å²) in [4.78, 5) is 24.9. The summed E-state index contributed by atoms with van der Waals surface area (Å²) in [6.45, 7) is 2.61. The van der Waals surface area contributed by atoms with Crippen LogP contribution in [0.5, 0.6) is 0 Å². The lowest BCUT2D eigenvalue weighted by Gasteiger charge is -2.24. The van der Waals surface area contributed by atoms with Crippen LogP contribution in [0.25, 0.3) is 0 Å². The molecule has 0 aromatic heterocycles. The van der Waals surface area contributed by atoms with Crippen LogP contribution in [0.2, 0.25) is 0 Å². The molecule has 2 N–H and O–H groups in total. The molecule has 0 aliphatic heterocycles. The zero-order valence-corrected chi connectivity index (χ0v) is 14.5. The summed E-state index contributed by atoms with van der Waals surface area (Å²) >= 11 is 0. The van der Waals surface area contributed by atoms with Crippen LogP contribution in [0.15, 0.2) is 48.5 Å². The maximum absolute atomic E-state index is 13.0. The minimum Gasteiger partial charge on any atom is -0.325 e. The molecule has 5 nitrogen and oxygen atoms in total. The highest BCUT2D eigenvalue weighted by atomic mass is 19.4. The molecule has 0 radical (unpaired) electrons. The van der Waals surface area contributed by atoms with Crippen molar-refractivity contribution < 1.29 is 22.8 Å². The van der Waals surface area contributed by atoms with E-state index < -0.39 is 34.7 Å². The average molecular weight is 375 g/mol. The molecule has 0 bridgehead atoms. The van der Waals surface area contributed by atoms with E-state index in [2.05, 4.69) is 10.6 Å². The van der Waals surface area contributed by atoms with Crippen molar-refractivity contribution in [1.82, 2.24) is 0 Å². The van der Waals surface area contributed by atoms with Crippen molar-refractivity contribution in [1.29, 1.82) is 5.26 Å². The van der Waals surface area contributed by atoms with E-state index in [-0.39, 0.29) is 0 Å². The van der Waals surface area contributed by atoms with Crippen LogP contribution in [0.1, 0.15) is 25.0 Å². The van der Waals surface area contributed by atoms with Gasteiger partial charge in [0.15, 0.2) is 0 Å². The fourth-order valence-electron chi connectivity index (χ4n) is 2.14. The molecule has 140 valence electrons. The molecule has 2 aromatic rings. The number of nitrogens with one attached hydrogen (secondary N) is 2. The number of anilines is 2. The quantitative estimate of drug-likeness (QED) is 0.787. The first-order valence-corrected chi connectivity index (χ1v) is 7.85. The maximum Gasteiger partial charge on any atom is 0.418 e. The number of hydrogen-bond donors (Lipinski definition) is 2. The third-order valence-electron chi connectivity index (χ3n) is 3.89. The van der Waals surface area contributed by atoms with E-state index in [1.807, 2.05) is 6.07 Å². The van der Waals surface area contributed by atoms with Gasteiger partial charge in [0.2, 0.25) is 11.8 Å². The van der Waals surface area contributed by atoms with E-state index in [0.29, 0.717) is 11.3 Å².